The summed E-state index contributed by atoms with van der Waals surface area (Å²) >= 11 is 0. The van der Waals surface area contributed by atoms with Crippen molar-refractivity contribution in [2.24, 2.45) is 0 Å². The van der Waals surface area contributed by atoms with E-state index in [-0.39, 0.29) is 29.7 Å². The minimum Gasteiger partial charge on any atom is -0.344 e. The number of halogens is 3. The van der Waals surface area contributed by atoms with Gasteiger partial charge in [-0.05, 0) is 57.5 Å². The Morgan fingerprint density at radius 2 is 2.07 bits per heavy atom. The predicted octanol–water partition coefficient (Wildman–Crippen LogP) is 3.09. The second kappa shape index (κ2) is 9.23. The average Bonchev–Trinajstić information content (AvgIpc) is 3.04. The van der Waals surface area contributed by atoms with E-state index in [1.54, 1.807) is 18.5 Å². The van der Waals surface area contributed by atoms with Gasteiger partial charge in [-0.1, -0.05) is 12.1 Å². The van der Waals surface area contributed by atoms with Crippen LogP contribution in [-0.4, -0.2) is 34.0 Å². The van der Waals surface area contributed by atoms with E-state index in [1.165, 1.54) is 0 Å². The molecule has 2 heterocycles. The summed E-state index contributed by atoms with van der Waals surface area (Å²) in [6.07, 6.45) is 2.28. The minimum absolute atomic E-state index is 0. The van der Waals surface area contributed by atoms with Crippen LogP contribution in [0.1, 0.15) is 60.0 Å². The maximum absolute atomic E-state index is 14.0. The van der Waals surface area contributed by atoms with E-state index in [2.05, 4.69) is 20.9 Å². The number of aromatic nitrogens is 3. The molecule has 1 atom stereocenters. The summed E-state index contributed by atoms with van der Waals surface area (Å²) < 4.78 is 29.3. The molecule has 0 spiro atoms. The van der Waals surface area contributed by atoms with Gasteiger partial charge in [0.1, 0.15) is 11.6 Å². The van der Waals surface area contributed by atoms with Crippen LogP contribution in [0.5, 0.6) is 0 Å². The zero-order valence-corrected chi connectivity index (χ0v) is 16.2. The van der Waals surface area contributed by atoms with Gasteiger partial charge in [-0.3, -0.25) is 4.79 Å². The lowest BCUT2D eigenvalue weighted by atomic mass is 10.0. The molecule has 1 aliphatic heterocycles. The van der Waals surface area contributed by atoms with Crippen molar-refractivity contribution in [1.29, 1.82) is 0 Å². The Morgan fingerprint density at radius 3 is 2.74 bits per heavy atom. The van der Waals surface area contributed by atoms with Crippen molar-refractivity contribution in [1.82, 2.24) is 25.6 Å². The predicted molar refractivity (Wildman–Crippen MR) is 100 cm³/mol. The van der Waals surface area contributed by atoms with Gasteiger partial charge in [0, 0.05) is 5.56 Å². The van der Waals surface area contributed by atoms with Gasteiger partial charge in [-0.15, -0.1) is 17.5 Å². The second-order valence-corrected chi connectivity index (χ2v) is 6.55. The quantitative estimate of drug-likeness (QED) is 0.810. The monoisotopic (exact) mass is 399 g/mol. The van der Waals surface area contributed by atoms with E-state index < -0.39 is 23.6 Å². The van der Waals surface area contributed by atoms with Crippen molar-refractivity contribution in [3.05, 3.63) is 46.8 Å². The van der Waals surface area contributed by atoms with Gasteiger partial charge in [-0.2, -0.15) is 0 Å². The third kappa shape index (κ3) is 4.62. The van der Waals surface area contributed by atoms with Crippen molar-refractivity contribution in [3.8, 4) is 0 Å². The second-order valence-electron chi connectivity index (χ2n) is 6.55. The molecule has 2 aromatic rings. The molecular formula is C18H24ClF2N5O. The number of rotatable bonds is 5. The normalized spacial score (nSPS) is 15.9. The van der Waals surface area contributed by atoms with E-state index in [9.17, 15) is 13.6 Å². The first kappa shape index (κ1) is 21.2. The number of carbonyl (C=O) groups is 1. The van der Waals surface area contributed by atoms with Crippen molar-refractivity contribution in [3.63, 3.8) is 0 Å². The molecule has 1 saturated heterocycles. The molecule has 6 nitrogen and oxygen atoms in total. The van der Waals surface area contributed by atoms with Crippen LogP contribution in [-0.2, 0) is 0 Å². The molecule has 1 aromatic heterocycles. The molecule has 1 aliphatic rings. The number of amides is 1. The first-order valence-corrected chi connectivity index (χ1v) is 8.89. The Balaban J connectivity index is 0.00000261. The zero-order chi connectivity index (χ0) is 18.7. The molecule has 27 heavy (non-hydrogen) atoms. The van der Waals surface area contributed by atoms with Crippen LogP contribution >= 0.6 is 12.4 Å². The molecule has 1 aromatic carbocycles. The van der Waals surface area contributed by atoms with Crippen LogP contribution in [0.25, 0.3) is 0 Å². The molecule has 1 amide bonds. The van der Waals surface area contributed by atoms with Gasteiger partial charge in [0.05, 0.1) is 17.8 Å². The molecule has 0 radical (unpaired) electrons. The van der Waals surface area contributed by atoms with Crippen LogP contribution in [0.4, 0.5) is 8.78 Å². The molecule has 1 unspecified atom stereocenters. The topological polar surface area (TPSA) is 71.8 Å². The Kier molecular flexibility index (Phi) is 7.26. The number of carbonyl (C=O) groups excluding carboxylic acids is 1. The summed E-state index contributed by atoms with van der Waals surface area (Å²) in [5.74, 6) is -1.52. The highest BCUT2D eigenvalue weighted by atomic mass is 35.5. The number of hydrogen-bond acceptors (Lipinski definition) is 4. The Morgan fingerprint density at radius 1 is 1.37 bits per heavy atom. The van der Waals surface area contributed by atoms with Crippen molar-refractivity contribution in [2.75, 3.05) is 13.1 Å². The number of piperidine rings is 1. The van der Waals surface area contributed by atoms with Crippen LogP contribution in [0.3, 0.4) is 0 Å². The van der Waals surface area contributed by atoms with Crippen molar-refractivity contribution in [2.45, 2.75) is 45.2 Å². The van der Waals surface area contributed by atoms with E-state index in [1.807, 2.05) is 0 Å². The molecule has 1 fully saturated rings. The molecule has 3 rings (SSSR count). The molecule has 148 valence electrons. The summed E-state index contributed by atoms with van der Waals surface area (Å²) in [5.41, 5.74) is 1.03. The third-order valence-corrected chi connectivity index (χ3v) is 4.84. The molecule has 0 bridgehead atoms. The lowest BCUT2D eigenvalue weighted by Gasteiger charge is -2.23. The molecule has 0 aliphatic carbocycles. The Bertz CT molecular complexity index is 792. The van der Waals surface area contributed by atoms with Gasteiger partial charge in [-0.25, -0.2) is 13.5 Å². The van der Waals surface area contributed by atoms with Gasteiger partial charge in [0.2, 0.25) is 0 Å². The third-order valence-electron chi connectivity index (χ3n) is 4.84. The number of hydrogen-bond donors (Lipinski definition) is 2. The van der Waals surface area contributed by atoms with Crippen molar-refractivity contribution < 1.29 is 13.6 Å². The largest absolute Gasteiger partial charge is 0.344 e. The van der Waals surface area contributed by atoms with E-state index in [0.29, 0.717) is 12.1 Å². The van der Waals surface area contributed by atoms with Crippen LogP contribution < -0.4 is 10.6 Å². The lowest BCUT2D eigenvalue weighted by molar-refractivity contribution is 0.0929. The fourth-order valence-corrected chi connectivity index (χ4v) is 3.36. The van der Waals surface area contributed by atoms with E-state index >= 15 is 0 Å². The van der Waals surface area contributed by atoms with Gasteiger partial charge in [0.25, 0.3) is 5.91 Å². The maximum Gasteiger partial charge on any atom is 0.274 e. The lowest BCUT2D eigenvalue weighted by Crippen LogP contribution is -2.31. The molecule has 0 saturated carbocycles. The highest BCUT2D eigenvalue weighted by molar-refractivity contribution is 5.93. The van der Waals surface area contributed by atoms with E-state index in [4.69, 9.17) is 0 Å². The summed E-state index contributed by atoms with van der Waals surface area (Å²) in [6, 6.07) is 2.82. The van der Waals surface area contributed by atoms with Crippen LogP contribution in [0.15, 0.2) is 18.2 Å². The maximum atomic E-state index is 14.0. The average molecular weight is 400 g/mol. The molecule has 9 heteroatoms. The van der Waals surface area contributed by atoms with E-state index in [0.717, 1.165) is 44.1 Å². The standard InChI is InChI=1S/C18H23F2N5O.ClH/c1-3-16(14-10-12(19)4-5-15(14)20)22-18(26)17-11(2)25(24-23-17)13-6-8-21-9-7-13;/h4-5,10,13,16,21H,3,6-9H2,1-2H3,(H,22,26);1H. The highest BCUT2D eigenvalue weighted by Crippen LogP contribution is 2.23. The Labute approximate surface area is 163 Å². The number of nitrogens with zero attached hydrogens (tertiary/aromatic N) is 3. The smallest absolute Gasteiger partial charge is 0.274 e. The number of benzene rings is 1. The molecular weight excluding hydrogens is 376 g/mol. The minimum atomic E-state index is -0.637. The Hall–Kier alpha value is -2.06. The summed E-state index contributed by atoms with van der Waals surface area (Å²) in [4.78, 5) is 12.6. The number of nitrogens with one attached hydrogen (secondary N) is 2. The van der Waals surface area contributed by atoms with Gasteiger partial charge >= 0.3 is 0 Å². The summed E-state index contributed by atoms with van der Waals surface area (Å²) in [6.45, 7) is 5.42. The molecule has 2 N–H and O–H groups in total. The van der Waals surface area contributed by atoms with Crippen molar-refractivity contribution >= 4 is 18.3 Å². The SMILES string of the molecule is CCC(NC(=O)c1nnn(C2CCNCC2)c1C)c1cc(F)ccc1F.Cl. The van der Waals surface area contributed by atoms with Crippen LogP contribution in [0, 0.1) is 18.6 Å². The highest BCUT2D eigenvalue weighted by Gasteiger charge is 2.25. The van der Waals surface area contributed by atoms with Crippen LogP contribution in [0.2, 0.25) is 0 Å². The summed E-state index contributed by atoms with van der Waals surface area (Å²) in [7, 11) is 0. The van der Waals surface area contributed by atoms with Gasteiger partial charge < -0.3 is 10.6 Å². The first-order chi connectivity index (χ1) is 12.5. The fourth-order valence-electron chi connectivity index (χ4n) is 3.36. The summed E-state index contributed by atoms with van der Waals surface area (Å²) in [5, 5.41) is 14.2. The van der Waals surface area contributed by atoms with Gasteiger partial charge in [0.15, 0.2) is 5.69 Å². The fraction of sp³-hybridized carbons (Fsp3) is 0.500. The first-order valence-electron chi connectivity index (χ1n) is 8.89. The zero-order valence-electron chi connectivity index (χ0n) is 15.3.